The van der Waals surface area contributed by atoms with Crippen LogP contribution in [-0.2, 0) is 6.42 Å². The summed E-state index contributed by atoms with van der Waals surface area (Å²) in [6.45, 7) is 4.31. The molecule has 0 saturated heterocycles. The van der Waals surface area contributed by atoms with E-state index in [1.165, 1.54) is 30.4 Å². The number of aryl methyl sites for hydroxylation is 2. The molecular weight excluding hydrogens is 258 g/mol. The summed E-state index contributed by atoms with van der Waals surface area (Å²) in [5.41, 5.74) is 5.50. The Morgan fingerprint density at radius 1 is 1.10 bits per heavy atom. The van der Waals surface area contributed by atoms with Crippen LogP contribution in [0.15, 0.2) is 36.5 Å². The van der Waals surface area contributed by atoms with E-state index in [0.717, 1.165) is 29.0 Å². The van der Waals surface area contributed by atoms with Gasteiger partial charge in [-0.2, -0.15) is 0 Å². The second-order valence-electron chi connectivity index (χ2n) is 5.57. The number of para-hydroxylation sites is 1. The summed E-state index contributed by atoms with van der Waals surface area (Å²) in [7, 11) is 0. The Kier molecular flexibility index (Phi) is 4.00. The molecule has 1 N–H and O–H groups in total. The number of nitrogens with one attached hydrogen (secondary N) is 1. The first-order valence-corrected chi connectivity index (χ1v) is 7.68. The molecule has 0 bridgehead atoms. The topological polar surface area (TPSA) is 41.6 Å². The van der Waals surface area contributed by atoms with E-state index >= 15 is 0 Å². The number of nitrogens with zero attached hydrogens (tertiary/aromatic N) is 2. The van der Waals surface area contributed by atoms with Gasteiger partial charge in [-0.15, -0.1) is 0 Å². The summed E-state index contributed by atoms with van der Waals surface area (Å²) in [6, 6.07) is 10.4. The normalized spacial score (nSPS) is 11.1. The zero-order valence-electron chi connectivity index (χ0n) is 12.7. The molecule has 2 aromatic heterocycles. The molecule has 0 atom stereocenters. The third kappa shape index (κ3) is 2.97. The van der Waals surface area contributed by atoms with Crippen LogP contribution in [0.25, 0.3) is 22.6 Å². The van der Waals surface area contributed by atoms with Gasteiger partial charge in [0, 0.05) is 6.20 Å². The van der Waals surface area contributed by atoms with Gasteiger partial charge in [0.25, 0.3) is 0 Å². The van der Waals surface area contributed by atoms with Crippen LogP contribution in [-0.4, -0.2) is 15.0 Å². The molecule has 0 amide bonds. The van der Waals surface area contributed by atoms with Gasteiger partial charge in [-0.3, -0.25) is 4.98 Å². The Labute approximate surface area is 125 Å². The molecule has 2 heterocycles. The molecule has 3 heteroatoms. The van der Waals surface area contributed by atoms with E-state index in [4.69, 9.17) is 0 Å². The highest BCUT2D eigenvalue weighted by Gasteiger charge is 2.07. The minimum absolute atomic E-state index is 0.847. The molecule has 1 aromatic carbocycles. The molecule has 3 rings (SSSR count). The highest BCUT2D eigenvalue weighted by molar-refractivity contribution is 5.81. The predicted octanol–water partition coefficient (Wildman–Crippen LogP) is 4.67. The van der Waals surface area contributed by atoms with Crippen molar-refractivity contribution in [3.05, 3.63) is 47.7 Å². The zero-order valence-corrected chi connectivity index (χ0v) is 12.7. The number of imidazole rings is 1. The lowest BCUT2D eigenvalue weighted by molar-refractivity contribution is 0.716. The van der Waals surface area contributed by atoms with Gasteiger partial charge >= 0.3 is 0 Å². The molecule has 3 aromatic rings. The fraction of sp³-hybridized carbons (Fsp3) is 0.333. The second-order valence-corrected chi connectivity index (χ2v) is 5.57. The van der Waals surface area contributed by atoms with Gasteiger partial charge < -0.3 is 4.98 Å². The average molecular weight is 279 g/mol. The quantitative estimate of drug-likeness (QED) is 0.690. The molecular formula is C18H21N3. The highest BCUT2D eigenvalue weighted by Crippen LogP contribution is 2.21. The van der Waals surface area contributed by atoms with Crippen LogP contribution >= 0.6 is 0 Å². The van der Waals surface area contributed by atoms with Crippen molar-refractivity contribution in [2.45, 2.75) is 39.5 Å². The lowest BCUT2D eigenvalue weighted by Gasteiger charge is -2.01. The number of fused-ring (bicyclic) bond motifs is 1. The van der Waals surface area contributed by atoms with Crippen molar-refractivity contribution in [1.29, 1.82) is 0 Å². The van der Waals surface area contributed by atoms with Gasteiger partial charge in [-0.25, -0.2) is 4.98 Å². The van der Waals surface area contributed by atoms with Crippen molar-refractivity contribution in [3.63, 3.8) is 0 Å². The first-order chi connectivity index (χ1) is 10.3. The first-order valence-electron chi connectivity index (χ1n) is 7.68. The number of H-pyrrole nitrogens is 1. The van der Waals surface area contributed by atoms with Crippen LogP contribution < -0.4 is 0 Å². The lowest BCUT2D eigenvalue weighted by atomic mass is 10.1. The Hall–Kier alpha value is -2.16. The van der Waals surface area contributed by atoms with Crippen LogP contribution in [0.3, 0.4) is 0 Å². The number of aromatic nitrogens is 3. The van der Waals surface area contributed by atoms with Gasteiger partial charge in [0.15, 0.2) is 5.82 Å². The molecule has 0 unspecified atom stereocenters. The number of hydrogen-bond acceptors (Lipinski definition) is 2. The molecule has 0 radical (unpaired) electrons. The molecule has 108 valence electrons. The van der Waals surface area contributed by atoms with Crippen molar-refractivity contribution >= 4 is 11.0 Å². The Morgan fingerprint density at radius 2 is 2.00 bits per heavy atom. The predicted molar refractivity (Wildman–Crippen MR) is 87.3 cm³/mol. The molecule has 0 aliphatic heterocycles. The third-order valence-electron chi connectivity index (χ3n) is 3.85. The van der Waals surface area contributed by atoms with Crippen molar-refractivity contribution in [1.82, 2.24) is 15.0 Å². The Bertz CT molecular complexity index is 726. The molecule has 0 aliphatic rings. The van der Waals surface area contributed by atoms with Crippen LogP contribution in [0, 0.1) is 6.92 Å². The lowest BCUT2D eigenvalue weighted by Crippen LogP contribution is -1.90. The molecule has 0 spiro atoms. The number of hydrogen-bond donors (Lipinski definition) is 1. The summed E-state index contributed by atoms with van der Waals surface area (Å²) in [6.07, 6.45) is 6.86. The second kappa shape index (κ2) is 6.08. The summed E-state index contributed by atoms with van der Waals surface area (Å²) in [5, 5.41) is 0. The van der Waals surface area contributed by atoms with Crippen molar-refractivity contribution < 1.29 is 0 Å². The first kappa shape index (κ1) is 13.8. The van der Waals surface area contributed by atoms with Crippen molar-refractivity contribution in [2.24, 2.45) is 0 Å². The summed E-state index contributed by atoms with van der Waals surface area (Å²) in [5.74, 6) is 0.847. The monoisotopic (exact) mass is 279 g/mol. The maximum Gasteiger partial charge on any atom is 0.157 e. The standard InChI is InChI=1S/C18H21N3/c1-3-4-5-8-14-10-11-16(19-12-14)18-20-15-9-6-7-13(2)17(15)21-18/h6-7,9-12H,3-5,8H2,1-2H3,(H,20,21). The molecule has 0 saturated carbocycles. The van der Waals surface area contributed by atoms with Crippen LogP contribution in [0.5, 0.6) is 0 Å². The molecule has 0 fully saturated rings. The van der Waals surface area contributed by atoms with E-state index in [9.17, 15) is 0 Å². The van der Waals surface area contributed by atoms with Gasteiger partial charge in [0.2, 0.25) is 0 Å². The van der Waals surface area contributed by atoms with Crippen molar-refractivity contribution in [2.75, 3.05) is 0 Å². The fourth-order valence-electron chi connectivity index (χ4n) is 2.59. The number of benzene rings is 1. The minimum atomic E-state index is 0.847. The Morgan fingerprint density at radius 3 is 2.71 bits per heavy atom. The summed E-state index contributed by atoms with van der Waals surface area (Å²) < 4.78 is 0. The fourth-order valence-corrected chi connectivity index (χ4v) is 2.59. The minimum Gasteiger partial charge on any atom is -0.337 e. The SMILES string of the molecule is CCCCCc1ccc(-c2nc3c(C)cccc3[nH]2)nc1. The zero-order chi connectivity index (χ0) is 14.7. The van der Waals surface area contributed by atoms with E-state index in [2.05, 4.69) is 53.1 Å². The summed E-state index contributed by atoms with van der Waals surface area (Å²) in [4.78, 5) is 12.6. The maximum absolute atomic E-state index is 4.67. The van der Waals surface area contributed by atoms with Gasteiger partial charge in [0.05, 0.1) is 11.0 Å². The smallest absolute Gasteiger partial charge is 0.157 e. The van der Waals surface area contributed by atoms with Gasteiger partial charge in [-0.1, -0.05) is 38.0 Å². The number of rotatable bonds is 5. The van der Waals surface area contributed by atoms with Gasteiger partial charge in [0.1, 0.15) is 5.69 Å². The Balaban J connectivity index is 1.83. The molecule has 0 aliphatic carbocycles. The van der Waals surface area contributed by atoms with E-state index in [-0.39, 0.29) is 0 Å². The number of pyridine rings is 1. The van der Waals surface area contributed by atoms with E-state index < -0.39 is 0 Å². The van der Waals surface area contributed by atoms with Crippen LogP contribution in [0.4, 0.5) is 0 Å². The third-order valence-corrected chi connectivity index (χ3v) is 3.85. The maximum atomic E-state index is 4.67. The van der Waals surface area contributed by atoms with E-state index in [1.807, 2.05) is 12.3 Å². The summed E-state index contributed by atoms with van der Waals surface area (Å²) >= 11 is 0. The van der Waals surface area contributed by atoms with Crippen LogP contribution in [0.1, 0.15) is 37.3 Å². The van der Waals surface area contributed by atoms with Crippen molar-refractivity contribution in [3.8, 4) is 11.5 Å². The molecule has 3 nitrogen and oxygen atoms in total. The average Bonchev–Trinajstić information content (AvgIpc) is 2.94. The van der Waals surface area contributed by atoms with Crippen LogP contribution in [0.2, 0.25) is 0 Å². The number of unbranched alkanes of at least 4 members (excludes halogenated alkanes) is 2. The van der Waals surface area contributed by atoms with Gasteiger partial charge in [-0.05, 0) is 43.0 Å². The highest BCUT2D eigenvalue weighted by atomic mass is 14.9. The number of aromatic amines is 1. The van der Waals surface area contributed by atoms with E-state index in [0.29, 0.717) is 0 Å². The largest absolute Gasteiger partial charge is 0.337 e. The van der Waals surface area contributed by atoms with E-state index in [1.54, 1.807) is 0 Å². The molecule has 21 heavy (non-hydrogen) atoms.